The lowest BCUT2D eigenvalue weighted by atomic mass is 9.95. The number of carbonyl (C=O) groups excluding carboxylic acids is 3. The van der Waals surface area contributed by atoms with Gasteiger partial charge in [0, 0.05) is 16.2 Å². The lowest BCUT2D eigenvalue weighted by Crippen LogP contribution is -2.71. The van der Waals surface area contributed by atoms with Crippen LogP contribution in [-0.4, -0.2) is 68.3 Å². The van der Waals surface area contributed by atoms with Crippen LogP contribution in [0.15, 0.2) is 71.3 Å². The van der Waals surface area contributed by atoms with Crippen LogP contribution in [0.2, 0.25) is 0 Å². The number of nitrogens with two attached hydrogens (primary N) is 1. The maximum absolute atomic E-state index is 12.3. The van der Waals surface area contributed by atoms with Gasteiger partial charge >= 0.3 is 5.97 Å². The number of thioether (sulfide) groups is 2. The highest BCUT2D eigenvalue weighted by molar-refractivity contribution is 8.04. The molecule has 4 atom stereocenters. The van der Waals surface area contributed by atoms with Crippen LogP contribution in [0.25, 0.3) is 0 Å². The molecule has 40 heavy (non-hydrogen) atoms. The Morgan fingerprint density at radius 1 is 1.10 bits per heavy atom. The largest absolute Gasteiger partial charge is 0.496 e. The molecule has 2 saturated heterocycles. The third-order valence-electron chi connectivity index (χ3n) is 6.62. The summed E-state index contributed by atoms with van der Waals surface area (Å²) >= 11 is 2.93. The fraction of sp³-hybridized carbons (Fsp3) is 0.357. The average Bonchev–Trinajstić information content (AvgIpc) is 3.20. The molecular formula is C28H32N4O6S2. The first-order chi connectivity index (χ1) is 19.0. The van der Waals surface area contributed by atoms with Gasteiger partial charge in [0.25, 0.3) is 5.91 Å². The van der Waals surface area contributed by atoms with E-state index in [-0.39, 0.29) is 17.2 Å². The highest BCUT2D eigenvalue weighted by Crippen LogP contribution is 2.50. The predicted molar refractivity (Wildman–Crippen MR) is 155 cm³/mol. The van der Waals surface area contributed by atoms with Crippen LogP contribution in [-0.2, 0) is 23.9 Å². The second kappa shape index (κ2) is 12.4. The fourth-order valence-electron chi connectivity index (χ4n) is 4.64. The number of carbonyl (C=O) groups is 4. The number of anilines is 1. The number of aliphatic carboxylic acids is 1. The molecule has 2 aromatic rings. The third-order valence-corrected chi connectivity index (χ3v) is 9.32. The summed E-state index contributed by atoms with van der Waals surface area (Å²) < 4.78 is 4.73. The van der Waals surface area contributed by atoms with Crippen LogP contribution in [0.3, 0.4) is 0 Å². The molecule has 3 amide bonds. The summed E-state index contributed by atoms with van der Waals surface area (Å²) in [5.41, 5.74) is 7.40. The summed E-state index contributed by atoms with van der Waals surface area (Å²) in [5, 5.41) is 14.5. The molecule has 2 fully saturated rings. The van der Waals surface area contributed by atoms with Gasteiger partial charge in [0.1, 0.15) is 34.2 Å². The van der Waals surface area contributed by atoms with Crippen molar-refractivity contribution in [3.05, 3.63) is 76.9 Å². The minimum absolute atomic E-state index is 0.0894. The number of carboxylic acid groups (broad SMARTS) is 1. The van der Waals surface area contributed by atoms with Crippen molar-refractivity contribution < 1.29 is 29.0 Å². The minimum atomic E-state index is -1.03. The first kappa shape index (κ1) is 29.5. The van der Waals surface area contributed by atoms with Gasteiger partial charge < -0.3 is 31.1 Å². The molecule has 3 heterocycles. The number of hydrogen-bond acceptors (Lipinski definition) is 8. The number of allylic oxidation sites excluding steroid dienone is 1. The fourth-order valence-corrected chi connectivity index (χ4v) is 7.08. The first-order valence-electron chi connectivity index (χ1n) is 12.7. The van der Waals surface area contributed by atoms with E-state index < -0.39 is 34.7 Å². The monoisotopic (exact) mass is 584 g/mol. The van der Waals surface area contributed by atoms with Gasteiger partial charge in [-0.3, -0.25) is 14.4 Å². The van der Waals surface area contributed by atoms with Crippen LogP contribution in [0.4, 0.5) is 5.69 Å². The zero-order valence-corrected chi connectivity index (χ0v) is 24.0. The molecule has 0 spiro atoms. The number of carboxylic acids is 1. The Morgan fingerprint density at radius 3 is 2.33 bits per heavy atom. The van der Waals surface area contributed by atoms with Crippen molar-refractivity contribution in [2.45, 2.75) is 49.0 Å². The Balaban J connectivity index is 0.000000201. The number of hydrogen-bond donors (Lipinski definition) is 4. The number of fused-ring (bicyclic) bond motifs is 1. The van der Waals surface area contributed by atoms with Crippen LogP contribution < -0.4 is 16.4 Å². The van der Waals surface area contributed by atoms with Gasteiger partial charge in [0.05, 0.1) is 6.61 Å². The molecule has 0 bridgehead atoms. The first-order valence-corrected chi connectivity index (χ1v) is 14.5. The highest BCUT2D eigenvalue weighted by Gasteiger charge is 2.64. The molecule has 3 aliphatic heterocycles. The SMILES string of the molecule is CC1(C)S[C@@H]2[C@H](NC(=O)[C@H](N)c3ccccc3)C(=O)N2[C@H]1C(=O)O.CC1=C(C(=O)Nc2ccccc2)SCCO1. The van der Waals surface area contributed by atoms with Crippen molar-refractivity contribution in [3.8, 4) is 0 Å². The van der Waals surface area contributed by atoms with E-state index in [1.165, 1.54) is 16.7 Å². The molecule has 5 N–H and O–H groups in total. The zero-order chi connectivity index (χ0) is 29.0. The number of para-hydroxylation sites is 1. The molecule has 5 rings (SSSR count). The van der Waals surface area contributed by atoms with E-state index in [4.69, 9.17) is 10.5 Å². The van der Waals surface area contributed by atoms with Crippen molar-refractivity contribution in [2.24, 2.45) is 5.73 Å². The van der Waals surface area contributed by atoms with Crippen LogP contribution >= 0.6 is 23.5 Å². The van der Waals surface area contributed by atoms with Crippen molar-refractivity contribution in [1.29, 1.82) is 0 Å². The Kier molecular flexibility index (Phi) is 9.12. The van der Waals surface area contributed by atoms with Crippen LogP contribution in [0, 0.1) is 0 Å². The van der Waals surface area contributed by atoms with Gasteiger partial charge in [-0.25, -0.2) is 4.79 Å². The topological polar surface area (TPSA) is 151 Å². The van der Waals surface area contributed by atoms with Crippen LogP contribution in [0.5, 0.6) is 0 Å². The van der Waals surface area contributed by atoms with Gasteiger partial charge in [0.2, 0.25) is 11.8 Å². The highest BCUT2D eigenvalue weighted by atomic mass is 32.2. The van der Waals surface area contributed by atoms with Gasteiger partial charge in [-0.1, -0.05) is 48.5 Å². The maximum atomic E-state index is 12.3. The standard InChI is InChI=1S/C16H19N3O4S.C12H13NO2S/c1-16(2)11(15(22)23)19-13(21)10(14(19)24-16)18-12(20)9(17)8-6-4-3-5-7-8;1-9-11(16-8-7-15-9)12(14)13-10-5-3-2-4-6-10/h3-7,9-11,14H,17H2,1-2H3,(H,18,20)(H,22,23);2-6H,7-8H2,1H3,(H,13,14)/t9-,10-,11+,14-;/m1./s1. The predicted octanol–water partition coefficient (Wildman–Crippen LogP) is 2.94. The van der Waals surface area contributed by atoms with Gasteiger partial charge in [-0.05, 0) is 38.5 Å². The maximum Gasteiger partial charge on any atom is 0.327 e. The van der Waals surface area contributed by atoms with Crippen molar-refractivity contribution in [2.75, 3.05) is 17.7 Å². The molecule has 10 nitrogen and oxygen atoms in total. The number of ether oxygens (including phenoxy) is 1. The number of rotatable bonds is 6. The van der Waals surface area contributed by atoms with Crippen molar-refractivity contribution in [1.82, 2.24) is 10.2 Å². The molecule has 12 heteroatoms. The normalized spacial score (nSPS) is 23.4. The number of amides is 3. The second-order valence-corrected chi connectivity index (χ2v) is 12.8. The van der Waals surface area contributed by atoms with E-state index in [9.17, 15) is 24.3 Å². The van der Waals surface area contributed by atoms with Gasteiger partial charge in [-0.15, -0.1) is 23.5 Å². The number of nitrogens with zero attached hydrogens (tertiary/aromatic N) is 1. The van der Waals surface area contributed by atoms with E-state index >= 15 is 0 Å². The Labute approximate surface area is 241 Å². The summed E-state index contributed by atoms with van der Waals surface area (Å²) in [6.07, 6.45) is 0. The molecule has 0 radical (unpaired) electrons. The van der Waals surface area contributed by atoms with Crippen molar-refractivity contribution in [3.63, 3.8) is 0 Å². The van der Waals surface area contributed by atoms with E-state index in [0.29, 0.717) is 22.8 Å². The van der Waals surface area contributed by atoms with Gasteiger partial charge in [0.15, 0.2) is 0 Å². The number of β-lactam (4-membered cyclic amide) rings is 1. The van der Waals surface area contributed by atoms with E-state index in [1.807, 2.05) is 43.3 Å². The lowest BCUT2D eigenvalue weighted by molar-refractivity contribution is -0.161. The lowest BCUT2D eigenvalue weighted by Gasteiger charge is -2.43. The molecule has 0 saturated carbocycles. The summed E-state index contributed by atoms with van der Waals surface area (Å²) in [7, 11) is 0. The smallest absolute Gasteiger partial charge is 0.327 e. The summed E-state index contributed by atoms with van der Waals surface area (Å²) in [6, 6.07) is 15.8. The Bertz CT molecular complexity index is 1300. The third kappa shape index (κ3) is 6.29. The van der Waals surface area contributed by atoms with Crippen LogP contribution in [0.1, 0.15) is 32.4 Å². The van der Waals surface area contributed by atoms with E-state index in [1.54, 1.807) is 49.9 Å². The van der Waals surface area contributed by atoms with Gasteiger partial charge in [-0.2, -0.15) is 0 Å². The molecule has 0 aliphatic carbocycles. The zero-order valence-electron chi connectivity index (χ0n) is 22.3. The summed E-state index contributed by atoms with van der Waals surface area (Å²) in [5.74, 6) is -0.405. The van der Waals surface area contributed by atoms with E-state index in [2.05, 4.69) is 10.6 Å². The molecule has 212 valence electrons. The van der Waals surface area contributed by atoms with E-state index in [0.717, 1.165) is 11.4 Å². The average molecular weight is 585 g/mol. The molecule has 0 unspecified atom stereocenters. The quantitative estimate of drug-likeness (QED) is 0.376. The molecule has 2 aromatic carbocycles. The number of nitrogens with one attached hydrogen (secondary N) is 2. The van der Waals surface area contributed by atoms with Crippen molar-refractivity contribution >= 4 is 52.9 Å². The molecule has 3 aliphatic rings. The number of benzene rings is 2. The summed E-state index contributed by atoms with van der Waals surface area (Å²) in [4.78, 5) is 50.0. The second-order valence-electron chi connectivity index (χ2n) is 9.88. The molecule has 0 aromatic heterocycles. The Morgan fingerprint density at radius 2 is 1.73 bits per heavy atom. The summed E-state index contributed by atoms with van der Waals surface area (Å²) in [6.45, 7) is 6.08. The minimum Gasteiger partial charge on any atom is -0.496 e. The Hall–Kier alpha value is -3.48. The molecular weight excluding hydrogens is 552 g/mol.